The Morgan fingerprint density at radius 3 is 2.54 bits per heavy atom. The smallest absolute Gasteiger partial charge is 0.365 e. The minimum absolute atomic E-state index is 0.152. The van der Waals surface area contributed by atoms with E-state index >= 15 is 0 Å². The van der Waals surface area contributed by atoms with Crippen LogP contribution in [0.3, 0.4) is 0 Å². The molecule has 9 nitrogen and oxygen atoms in total. The third-order valence-corrected chi connectivity index (χ3v) is 5.68. The zero-order valence-electron chi connectivity index (χ0n) is 16.9. The summed E-state index contributed by atoms with van der Waals surface area (Å²) in [4.78, 5) is 15.5. The third-order valence-electron chi connectivity index (χ3n) is 3.47. The van der Waals surface area contributed by atoms with Crippen molar-refractivity contribution >= 4 is 13.4 Å². The Bertz CT molecular complexity index is 763. The van der Waals surface area contributed by atoms with Crippen molar-refractivity contribution in [3.8, 4) is 0 Å². The number of nitrogens with zero attached hydrogens (tertiary/aromatic N) is 2. The van der Waals surface area contributed by atoms with Crippen LogP contribution in [0.5, 0.6) is 0 Å². The summed E-state index contributed by atoms with van der Waals surface area (Å²) in [5, 5.41) is 0.344. The number of hydrogen-bond donors (Lipinski definition) is 1. The summed E-state index contributed by atoms with van der Waals surface area (Å²) in [5.74, 6) is 0.152. The van der Waals surface area contributed by atoms with E-state index in [0.717, 1.165) is 0 Å². The quantitative estimate of drug-likeness (QED) is 0.297. The Kier molecular flexibility index (Phi) is 11.0. The van der Waals surface area contributed by atoms with Gasteiger partial charge in [0.25, 0.3) is 0 Å². The second-order valence-corrected chi connectivity index (χ2v) is 7.61. The topological polar surface area (TPSA) is 115 Å². The fourth-order valence-electron chi connectivity index (χ4n) is 2.27. The monoisotopic (exact) mass is 415 g/mol. The second-order valence-electron chi connectivity index (χ2n) is 5.56. The fraction of sp³-hybridized carbons (Fsp3) is 0.611. The first-order valence-electron chi connectivity index (χ1n) is 9.26. The Labute approximate surface area is 165 Å². The van der Waals surface area contributed by atoms with E-state index in [1.807, 2.05) is 6.92 Å². The normalized spacial score (nSPS) is 12.4. The van der Waals surface area contributed by atoms with Crippen molar-refractivity contribution in [1.29, 1.82) is 0 Å². The van der Waals surface area contributed by atoms with Crippen molar-refractivity contribution in [2.24, 2.45) is 0 Å². The Hall–Kier alpha value is -1.73. The summed E-state index contributed by atoms with van der Waals surface area (Å²) < 4.78 is 36.2. The standard InChI is InChI=1S/C18H30N3O6P/c1-5-24-15(4)25-14-11-16(28(23,26-6-2)27-7-3)9-8-12-21-13-10-17(19)20-18(21)22/h8,10,13,15H,5-7,11-12,14H2,1-4H3,(H2,19,20,22). The molecule has 1 rings (SSSR count). The van der Waals surface area contributed by atoms with Crippen LogP contribution in [0.1, 0.15) is 34.1 Å². The highest BCUT2D eigenvalue weighted by atomic mass is 31.2. The molecule has 2 N–H and O–H groups in total. The molecule has 10 heteroatoms. The maximum absolute atomic E-state index is 13.1. The van der Waals surface area contributed by atoms with Gasteiger partial charge in [0.2, 0.25) is 0 Å². The molecule has 1 atom stereocenters. The van der Waals surface area contributed by atoms with Crippen LogP contribution in [0.4, 0.5) is 5.82 Å². The lowest BCUT2D eigenvalue weighted by molar-refractivity contribution is -0.126. The highest BCUT2D eigenvalue weighted by Crippen LogP contribution is 2.56. The molecule has 0 saturated heterocycles. The molecule has 0 aliphatic carbocycles. The SMILES string of the molecule is CCOC(C)OCCC(=C=CCn1ccc(N)nc1=O)P(=O)(OCC)OCC. The molecule has 1 aromatic rings. The maximum atomic E-state index is 13.1. The van der Waals surface area contributed by atoms with Gasteiger partial charge < -0.3 is 24.3 Å². The van der Waals surface area contributed by atoms with Crippen molar-refractivity contribution in [3.63, 3.8) is 0 Å². The van der Waals surface area contributed by atoms with Gasteiger partial charge in [-0.05, 0) is 39.8 Å². The Morgan fingerprint density at radius 2 is 1.96 bits per heavy atom. The molecule has 1 unspecified atom stereocenters. The molecule has 0 radical (unpaired) electrons. The molecule has 0 aromatic carbocycles. The van der Waals surface area contributed by atoms with Crippen LogP contribution in [0.15, 0.2) is 34.2 Å². The lowest BCUT2D eigenvalue weighted by atomic mass is 10.4. The van der Waals surface area contributed by atoms with Crippen LogP contribution in [-0.2, 0) is 29.6 Å². The molecular weight excluding hydrogens is 385 g/mol. The van der Waals surface area contributed by atoms with Gasteiger partial charge in [-0.3, -0.25) is 9.13 Å². The van der Waals surface area contributed by atoms with Gasteiger partial charge in [0.1, 0.15) is 5.82 Å². The summed E-state index contributed by atoms with van der Waals surface area (Å²) >= 11 is 0. The number of ether oxygens (including phenoxy) is 2. The number of anilines is 1. The van der Waals surface area contributed by atoms with Crippen LogP contribution < -0.4 is 11.4 Å². The van der Waals surface area contributed by atoms with Crippen molar-refractivity contribution in [3.05, 3.63) is 39.9 Å². The molecule has 158 valence electrons. The molecule has 0 amide bonds. The van der Waals surface area contributed by atoms with Crippen molar-refractivity contribution in [2.45, 2.75) is 47.0 Å². The summed E-state index contributed by atoms with van der Waals surface area (Å²) in [7, 11) is -3.52. The van der Waals surface area contributed by atoms with Gasteiger partial charge in [-0.15, -0.1) is 5.73 Å². The highest BCUT2D eigenvalue weighted by Gasteiger charge is 2.29. The van der Waals surface area contributed by atoms with Gasteiger partial charge in [0, 0.05) is 19.2 Å². The minimum Gasteiger partial charge on any atom is -0.383 e. The largest absolute Gasteiger partial charge is 0.383 e. The first-order chi connectivity index (χ1) is 13.4. The lowest BCUT2D eigenvalue weighted by Crippen LogP contribution is -2.22. The maximum Gasteiger partial charge on any atom is 0.365 e. The molecule has 1 aromatic heterocycles. The number of nitrogen functional groups attached to an aromatic ring is 1. The minimum atomic E-state index is -3.52. The molecule has 0 aliphatic rings. The molecule has 0 aliphatic heterocycles. The summed E-state index contributed by atoms with van der Waals surface area (Å²) in [6.07, 6.45) is 3.00. The van der Waals surface area contributed by atoms with Crippen molar-refractivity contribution in [2.75, 3.05) is 32.2 Å². The molecule has 1 heterocycles. The second kappa shape index (κ2) is 12.7. The predicted octanol–water partition coefficient (Wildman–Crippen LogP) is 2.92. The average molecular weight is 415 g/mol. The molecule has 0 spiro atoms. The van der Waals surface area contributed by atoms with Crippen LogP contribution in [-0.4, -0.2) is 42.3 Å². The van der Waals surface area contributed by atoms with E-state index in [1.165, 1.54) is 16.8 Å². The van der Waals surface area contributed by atoms with E-state index in [-0.39, 0.29) is 44.9 Å². The lowest BCUT2D eigenvalue weighted by Gasteiger charge is -2.19. The Balaban J connectivity index is 3.04. The number of nitrogens with two attached hydrogens (primary N) is 1. The van der Waals surface area contributed by atoms with E-state index in [4.69, 9.17) is 24.3 Å². The molecule has 0 bridgehead atoms. The van der Waals surface area contributed by atoms with Gasteiger partial charge in [0.05, 0.1) is 31.7 Å². The predicted molar refractivity (Wildman–Crippen MR) is 107 cm³/mol. The van der Waals surface area contributed by atoms with E-state index in [9.17, 15) is 9.36 Å². The highest BCUT2D eigenvalue weighted by molar-refractivity contribution is 7.58. The van der Waals surface area contributed by atoms with E-state index in [2.05, 4.69) is 10.7 Å². The van der Waals surface area contributed by atoms with E-state index < -0.39 is 13.3 Å². The van der Waals surface area contributed by atoms with Gasteiger partial charge in [0.15, 0.2) is 6.29 Å². The van der Waals surface area contributed by atoms with Crippen LogP contribution in [0.2, 0.25) is 0 Å². The number of rotatable bonds is 13. The molecule has 0 fully saturated rings. The number of aromatic nitrogens is 2. The van der Waals surface area contributed by atoms with Gasteiger partial charge in [-0.1, -0.05) is 0 Å². The summed E-state index contributed by atoms with van der Waals surface area (Å²) in [6.45, 7) is 8.55. The van der Waals surface area contributed by atoms with Crippen LogP contribution >= 0.6 is 7.60 Å². The first kappa shape index (κ1) is 24.3. The third kappa shape index (κ3) is 8.10. The Morgan fingerprint density at radius 1 is 1.29 bits per heavy atom. The molecule has 28 heavy (non-hydrogen) atoms. The summed E-state index contributed by atoms with van der Waals surface area (Å²) in [5.41, 5.74) is 7.97. The van der Waals surface area contributed by atoms with E-state index in [0.29, 0.717) is 11.9 Å². The zero-order valence-corrected chi connectivity index (χ0v) is 17.8. The van der Waals surface area contributed by atoms with E-state index in [1.54, 1.807) is 26.8 Å². The van der Waals surface area contributed by atoms with Crippen molar-refractivity contribution < 1.29 is 23.1 Å². The van der Waals surface area contributed by atoms with Crippen LogP contribution in [0.25, 0.3) is 0 Å². The van der Waals surface area contributed by atoms with Gasteiger partial charge in [-0.25, -0.2) is 4.79 Å². The van der Waals surface area contributed by atoms with Crippen LogP contribution in [0, 0.1) is 0 Å². The molecular formula is C18H30N3O6P. The van der Waals surface area contributed by atoms with Crippen molar-refractivity contribution in [1.82, 2.24) is 9.55 Å². The fourth-order valence-corrected chi connectivity index (χ4v) is 3.95. The molecule has 0 saturated carbocycles. The van der Waals surface area contributed by atoms with Gasteiger partial charge >= 0.3 is 13.3 Å². The number of hydrogen-bond acceptors (Lipinski definition) is 8. The van der Waals surface area contributed by atoms with Gasteiger partial charge in [-0.2, -0.15) is 4.98 Å². The zero-order chi connectivity index (χ0) is 21.0. The first-order valence-corrected chi connectivity index (χ1v) is 10.8. The summed E-state index contributed by atoms with van der Waals surface area (Å²) in [6, 6.07) is 1.52. The average Bonchev–Trinajstić information content (AvgIpc) is 2.62.